The second-order valence-electron chi connectivity index (χ2n) is 3.59. The Morgan fingerprint density at radius 1 is 1.50 bits per heavy atom. The van der Waals surface area contributed by atoms with E-state index in [1.165, 1.54) is 0 Å². The maximum absolute atomic E-state index is 11.6. The summed E-state index contributed by atoms with van der Waals surface area (Å²) in [4.78, 5) is 11.6. The van der Waals surface area contributed by atoms with Gasteiger partial charge in [-0.15, -0.1) is 0 Å². The zero-order chi connectivity index (χ0) is 10.1. The van der Waals surface area contributed by atoms with E-state index in [9.17, 15) is 10.0 Å². The fourth-order valence-electron chi connectivity index (χ4n) is 1.85. The smallest absolute Gasteiger partial charge is 0.254 e. The van der Waals surface area contributed by atoms with Crippen LogP contribution in [-0.4, -0.2) is 11.1 Å². The number of anilines is 1. The number of carbonyl (C=O) groups excluding carboxylic acids is 1. The van der Waals surface area contributed by atoms with Gasteiger partial charge >= 0.3 is 0 Å². The number of hydrogen-bond acceptors (Lipinski definition) is 2. The third kappa shape index (κ3) is 1.30. The number of amides is 1. The van der Waals surface area contributed by atoms with E-state index in [0.29, 0.717) is 5.69 Å². The summed E-state index contributed by atoms with van der Waals surface area (Å²) in [5.74, 6) is -0.263. The van der Waals surface area contributed by atoms with Crippen LogP contribution >= 0.6 is 0 Å². The lowest BCUT2D eigenvalue weighted by Crippen LogP contribution is -2.38. The van der Waals surface area contributed by atoms with Crippen LogP contribution in [0.15, 0.2) is 24.3 Å². The van der Waals surface area contributed by atoms with Crippen LogP contribution in [0.1, 0.15) is 18.9 Å². The van der Waals surface area contributed by atoms with Crippen molar-refractivity contribution in [2.75, 3.05) is 5.06 Å². The first-order valence-corrected chi connectivity index (χ1v) is 4.84. The van der Waals surface area contributed by atoms with E-state index in [1.54, 1.807) is 6.07 Å². The predicted octanol–water partition coefficient (Wildman–Crippen LogP) is 1.99. The maximum Gasteiger partial charge on any atom is 0.254 e. The molecule has 3 nitrogen and oxygen atoms in total. The summed E-state index contributed by atoms with van der Waals surface area (Å²) in [6, 6.07) is 7.46. The van der Waals surface area contributed by atoms with Gasteiger partial charge in [0.25, 0.3) is 5.91 Å². The second-order valence-corrected chi connectivity index (χ2v) is 3.59. The first kappa shape index (κ1) is 9.21. The molecule has 1 atom stereocenters. The van der Waals surface area contributed by atoms with E-state index in [-0.39, 0.29) is 11.8 Å². The number of hydrogen-bond donors (Lipinski definition) is 1. The molecule has 0 saturated heterocycles. The monoisotopic (exact) mass is 191 g/mol. The van der Waals surface area contributed by atoms with Gasteiger partial charge in [0.1, 0.15) is 0 Å². The van der Waals surface area contributed by atoms with Gasteiger partial charge in [0.05, 0.1) is 5.69 Å². The summed E-state index contributed by atoms with van der Waals surface area (Å²) in [7, 11) is 0. The molecule has 1 amide bonds. The van der Waals surface area contributed by atoms with Crippen LogP contribution in [0.5, 0.6) is 0 Å². The van der Waals surface area contributed by atoms with Crippen LogP contribution in [0.2, 0.25) is 0 Å². The van der Waals surface area contributed by atoms with Crippen LogP contribution < -0.4 is 5.06 Å². The molecule has 1 heterocycles. The Hall–Kier alpha value is -1.35. The van der Waals surface area contributed by atoms with Gasteiger partial charge in [-0.3, -0.25) is 10.0 Å². The minimum absolute atomic E-state index is 0.0742. The molecule has 0 aliphatic carbocycles. The zero-order valence-electron chi connectivity index (χ0n) is 8.10. The highest BCUT2D eigenvalue weighted by Crippen LogP contribution is 2.30. The second kappa shape index (κ2) is 3.42. The number of carbonyl (C=O) groups is 1. The number of benzene rings is 1. The van der Waals surface area contributed by atoms with Gasteiger partial charge in [0.2, 0.25) is 0 Å². The summed E-state index contributed by atoms with van der Waals surface area (Å²) in [5, 5.41) is 10.4. The van der Waals surface area contributed by atoms with Crippen molar-refractivity contribution in [3.63, 3.8) is 0 Å². The number of para-hydroxylation sites is 1. The van der Waals surface area contributed by atoms with Gasteiger partial charge in [-0.05, 0) is 24.5 Å². The van der Waals surface area contributed by atoms with Crippen molar-refractivity contribution < 1.29 is 10.0 Å². The summed E-state index contributed by atoms with van der Waals surface area (Å²) in [5.41, 5.74) is 1.67. The Bertz CT molecular complexity index is 362. The first-order valence-electron chi connectivity index (χ1n) is 4.84. The van der Waals surface area contributed by atoms with Crippen molar-refractivity contribution in [1.82, 2.24) is 0 Å². The summed E-state index contributed by atoms with van der Waals surface area (Å²) in [6.07, 6.45) is 1.51. The normalized spacial score (nSPS) is 20.9. The molecule has 1 aliphatic rings. The van der Waals surface area contributed by atoms with Crippen molar-refractivity contribution in [3.05, 3.63) is 29.8 Å². The molecule has 0 bridgehead atoms. The molecule has 1 N–H and O–H groups in total. The van der Waals surface area contributed by atoms with Crippen molar-refractivity contribution in [1.29, 1.82) is 0 Å². The third-order valence-corrected chi connectivity index (χ3v) is 2.74. The minimum Gasteiger partial charge on any atom is -0.281 e. The van der Waals surface area contributed by atoms with Gasteiger partial charge in [0.15, 0.2) is 0 Å². The average molecular weight is 191 g/mol. The van der Waals surface area contributed by atoms with E-state index in [1.807, 2.05) is 25.1 Å². The van der Waals surface area contributed by atoms with E-state index in [0.717, 1.165) is 23.5 Å². The SMILES string of the molecule is CCC1Cc2ccccc2N(O)C1=O. The Morgan fingerprint density at radius 3 is 2.93 bits per heavy atom. The average Bonchev–Trinajstić information content (AvgIpc) is 2.23. The fourth-order valence-corrected chi connectivity index (χ4v) is 1.85. The van der Waals surface area contributed by atoms with Crippen molar-refractivity contribution in [2.45, 2.75) is 19.8 Å². The highest BCUT2D eigenvalue weighted by atomic mass is 16.5. The molecule has 0 spiro atoms. The van der Waals surface area contributed by atoms with Gasteiger partial charge in [-0.1, -0.05) is 25.1 Å². The molecule has 1 aromatic rings. The number of nitrogens with zero attached hydrogens (tertiary/aromatic N) is 1. The van der Waals surface area contributed by atoms with Crippen molar-refractivity contribution in [2.24, 2.45) is 5.92 Å². The lowest BCUT2D eigenvalue weighted by Gasteiger charge is -2.28. The summed E-state index contributed by atoms with van der Waals surface area (Å²) < 4.78 is 0. The predicted molar refractivity (Wildman–Crippen MR) is 53.2 cm³/mol. The van der Waals surface area contributed by atoms with Crippen LogP contribution in [0, 0.1) is 5.92 Å². The molecule has 0 aromatic heterocycles. The lowest BCUT2D eigenvalue weighted by atomic mass is 9.91. The van der Waals surface area contributed by atoms with Crippen LogP contribution in [-0.2, 0) is 11.2 Å². The highest BCUT2D eigenvalue weighted by Gasteiger charge is 2.30. The molecule has 0 radical (unpaired) electrons. The molecule has 74 valence electrons. The molecule has 1 unspecified atom stereocenters. The largest absolute Gasteiger partial charge is 0.281 e. The van der Waals surface area contributed by atoms with Crippen LogP contribution in [0.3, 0.4) is 0 Å². The Labute approximate surface area is 82.9 Å². The molecule has 3 heteroatoms. The summed E-state index contributed by atoms with van der Waals surface area (Å²) in [6.45, 7) is 1.96. The van der Waals surface area contributed by atoms with Gasteiger partial charge in [-0.25, -0.2) is 0 Å². The molecular weight excluding hydrogens is 178 g/mol. The minimum atomic E-state index is -0.189. The molecule has 1 aliphatic heterocycles. The topological polar surface area (TPSA) is 40.5 Å². The van der Waals surface area contributed by atoms with Gasteiger partial charge < -0.3 is 0 Å². The Kier molecular flexibility index (Phi) is 2.25. The maximum atomic E-state index is 11.6. The Balaban J connectivity index is 2.42. The van der Waals surface area contributed by atoms with E-state index < -0.39 is 0 Å². The number of fused-ring (bicyclic) bond motifs is 1. The standard InChI is InChI=1S/C11H13NO2/c1-2-8-7-9-5-3-4-6-10(9)12(14)11(8)13/h3-6,8,14H,2,7H2,1H3. The van der Waals surface area contributed by atoms with E-state index in [4.69, 9.17) is 0 Å². The molecule has 1 aromatic carbocycles. The van der Waals surface area contributed by atoms with E-state index >= 15 is 0 Å². The molecule has 0 saturated carbocycles. The highest BCUT2D eigenvalue weighted by molar-refractivity contribution is 5.95. The van der Waals surface area contributed by atoms with Crippen molar-refractivity contribution >= 4 is 11.6 Å². The van der Waals surface area contributed by atoms with Crippen molar-refractivity contribution in [3.8, 4) is 0 Å². The third-order valence-electron chi connectivity index (χ3n) is 2.74. The Morgan fingerprint density at radius 2 is 2.21 bits per heavy atom. The fraction of sp³-hybridized carbons (Fsp3) is 0.364. The molecule has 2 rings (SSSR count). The van der Waals surface area contributed by atoms with Gasteiger partial charge in [0, 0.05) is 5.92 Å². The lowest BCUT2D eigenvalue weighted by molar-refractivity contribution is -0.128. The molecule has 0 fully saturated rings. The number of rotatable bonds is 1. The zero-order valence-corrected chi connectivity index (χ0v) is 8.10. The van der Waals surface area contributed by atoms with E-state index in [2.05, 4.69) is 0 Å². The first-order chi connectivity index (χ1) is 6.74. The molecular formula is C11H13NO2. The summed E-state index contributed by atoms with van der Waals surface area (Å²) >= 11 is 0. The number of hydroxylamine groups is 1. The molecule has 14 heavy (non-hydrogen) atoms. The van der Waals surface area contributed by atoms with Crippen LogP contribution in [0.25, 0.3) is 0 Å². The quantitative estimate of drug-likeness (QED) is 0.689. The van der Waals surface area contributed by atoms with Crippen LogP contribution in [0.4, 0.5) is 5.69 Å². The van der Waals surface area contributed by atoms with Gasteiger partial charge in [-0.2, -0.15) is 5.06 Å².